The van der Waals surface area contributed by atoms with Crippen molar-refractivity contribution in [2.45, 2.75) is 154 Å². The van der Waals surface area contributed by atoms with E-state index in [0.717, 1.165) is 30.4 Å². The van der Waals surface area contributed by atoms with Crippen molar-refractivity contribution in [3.05, 3.63) is 122 Å². The van der Waals surface area contributed by atoms with Crippen molar-refractivity contribution in [1.82, 2.24) is 10.2 Å². The van der Waals surface area contributed by atoms with Crippen LogP contribution in [0.1, 0.15) is 146 Å². The molecule has 1 aliphatic heterocycles. The van der Waals surface area contributed by atoms with E-state index in [9.17, 15) is 40.0 Å². The van der Waals surface area contributed by atoms with Gasteiger partial charge in [-0.05, 0) is 104 Å². The molecule has 3 aromatic carbocycles. The molecule has 1 fully saturated rings. The fourth-order valence-electron chi connectivity index (χ4n) is 11.0. The number of nitrogens with zero attached hydrogens (tertiary/aromatic N) is 4. The average Bonchev–Trinajstić information content (AvgIpc) is 3.42. The number of amides is 2. The van der Waals surface area contributed by atoms with Gasteiger partial charge >= 0.3 is 12.2 Å². The van der Waals surface area contributed by atoms with Crippen molar-refractivity contribution in [3.63, 3.8) is 0 Å². The number of fused-ring (bicyclic) bond motifs is 2. The van der Waals surface area contributed by atoms with Crippen LogP contribution >= 0.6 is 0 Å². The van der Waals surface area contributed by atoms with Gasteiger partial charge in [-0.25, -0.2) is 9.59 Å². The number of nitro groups is 2. The lowest BCUT2D eigenvalue weighted by Crippen LogP contribution is -2.70. The van der Waals surface area contributed by atoms with Crippen molar-refractivity contribution < 1.29 is 53.4 Å². The summed E-state index contributed by atoms with van der Waals surface area (Å²) in [5, 5.41) is 50.7. The molecular weight excluding hydrogens is 963 g/mol. The van der Waals surface area contributed by atoms with E-state index in [1.54, 1.807) is 35.2 Å². The van der Waals surface area contributed by atoms with Gasteiger partial charge in [-0.15, -0.1) is 6.58 Å². The molecular formula is C57H77N5O13. The van der Waals surface area contributed by atoms with Crippen LogP contribution in [0.5, 0.6) is 17.2 Å². The largest absolute Gasteiger partial charge is 0.459 e. The molecule has 2 aliphatic carbocycles. The number of hydrogen-bond acceptors (Lipinski definition) is 14. The van der Waals surface area contributed by atoms with Gasteiger partial charge < -0.3 is 39.3 Å². The highest BCUT2D eigenvalue weighted by Crippen LogP contribution is 2.62. The van der Waals surface area contributed by atoms with Crippen LogP contribution in [0.25, 0.3) is 0 Å². The Balaban J connectivity index is 1.42. The summed E-state index contributed by atoms with van der Waals surface area (Å²) < 4.78 is 26.3. The minimum absolute atomic E-state index is 0.00319. The lowest BCUT2D eigenvalue weighted by molar-refractivity contribution is -0.385. The summed E-state index contributed by atoms with van der Waals surface area (Å²) in [6.45, 7) is 8.80. The van der Waals surface area contributed by atoms with E-state index in [4.69, 9.17) is 28.9 Å². The van der Waals surface area contributed by atoms with Crippen LogP contribution < -0.4 is 19.5 Å². The molecule has 6 atom stereocenters. The first-order valence-electron chi connectivity index (χ1n) is 27.1. The van der Waals surface area contributed by atoms with Crippen LogP contribution in [0.3, 0.4) is 0 Å². The number of oxime groups is 1. The van der Waals surface area contributed by atoms with Gasteiger partial charge in [0.1, 0.15) is 29.9 Å². The predicted molar refractivity (Wildman–Crippen MR) is 285 cm³/mol. The molecule has 3 N–H and O–H groups in total. The Morgan fingerprint density at radius 2 is 1.44 bits per heavy atom. The zero-order valence-electron chi connectivity index (χ0n) is 43.7. The second-order valence-electron chi connectivity index (χ2n) is 19.8. The highest BCUT2D eigenvalue weighted by atomic mass is 16.7. The Bertz CT molecular complexity index is 2400. The van der Waals surface area contributed by atoms with Gasteiger partial charge in [0.25, 0.3) is 11.4 Å². The molecule has 18 nitrogen and oxygen atoms in total. The summed E-state index contributed by atoms with van der Waals surface area (Å²) in [4.78, 5) is 57.8. The van der Waals surface area contributed by atoms with Gasteiger partial charge in [-0.1, -0.05) is 102 Å². The number of nitro benzene ring substituents is 2. The summed E-state index contributed by atoms with van der Waals surface area (Å²) in [6.07, 6.45) is 18.7. The van der Waals surface area contributed by atoms with E-state index < -0.39 is 45.7 Å². The maximum absolute atomic E-state index is 14.8. The molecule has 0 spiro atoms. The molecule has 0 saturated heterocycles. The summed E-state index contributed by atoms with van der Waals surface area (Å²) in [5.74, 6) is -2.09. The topological polar surface area (TPSA) is 235 Å². The summed E-state index contributed by atoms with van der Waals surface area (Å²) >= 11 is 0. The van der Waals surface area contributed by atoms with Crippen LogP contribution in [0.4, 0.5) is 21.0 Å². The first-order valence-corrected chi connectivity index (χ1v) is 27.1. The Kier molecular flexibility index (Phi) is 22.9. The van der Waals surface area contributed by atoms with Crippen LogP contribution in [-0.4, -0.2) is 87.6 Å². The van der Waals surface area contributed by atoms with Crippen LogP contribution in [0, 0.1) is 38.0 Å². The Morgan fingerprint density at radius 3 is 2.07 bits per heavy atom. The molecule has 0 unspecified atom stereocenters. The number of aliphatic hydroxyl groups is 2. The third-order valence-corrected chi connectivity index (χ3v) is 14.5. The smallest absolute Gasteiger partial charge is 0.415 e. The molecule has 75 heavy (non-hydrogen) atoms. The second kappa shape index (κ2) is 29.6. The Labute approximate surface area is 440 Å². The summed E-state index contributed by atoms with van der Waals surface area (Å²) in [5.41, 5.74) is 2.43. The van der Waals surface area contributed by atoms with Gasteiger partial charge in [0, 0.05) is 68.5 Å². The van der Waals surface area contributed by atoms with Crippen LogP contribution in [0.2, 0.25) is 0 Å². The van der Waals surface area contributed by atoms with E-state index >= 15 is 0 Å². The van der Waals surface area contributed by atoms with Crippen molar-refractivity contribution >= 4 is 29.3 Å². The van der Waals surface area contributed by atoms with Crippen molar-refractivity contribution in [1.29, 1.82) is 0 Å². The Morgan fingerprint density at radius 1 is 0.813 bits per heavy atom. The fraction of sp³-hybridized carbons (Fsp3) is 0.561. The number of non-ortho nitro benzene ring substituents is 2. The molecule has 1 heterocycles. The molecule has 6 rings (SSSR count). The van der Waals surface area contributed by atoms with Crippen LogP contribution in [0.15, 0.2) is 96.2 Å². The monoisotopic (exact) mass is 1040 g/mol. The minimum atomic E-state index is -1.63. The average molecular weight is 1040 g/mol. The number of unbranched alkanes of at least 4 members (excludes halogenated alkanes) is 11. The molecule has 0 bridgehead atoms. The number of carbonyl (C=O) groups is 2. The first kappa shape index (κ1) is 57.9. The number of nitrogens with one attached hydrogen (secondary N) is 1. The fourth-order valence-corrected chi connectivity index (χ4v) is 11.0. The lowest BCUT2D eigenvalue weighted by atomic mass is 9.55. The second-order valence-corrected chi connectivity index (χ2v) is 19.8. The highest BCUT2D eigenvalue weighted by Gasteiger charge is 2.65. The van der Waals surface area contributed by atoms with Gasteiger partial charge in [0.15, 0.2) is 0 Å². The quantitative estimate of drug-likeness (QED) is 0.0229. The van der Waals surface area contributed by atoms with E-state index in [0.29, 0.717) is 74.3 Å². The number of aliphatic hydroxyl groups excluding tert-OH is 2. The summed E-state index contributed by atoms with van der Waals surface area (Å²) in [6, 6.07) is 15.6. The third kappa shape index (κ3) is 15.6. The van der Waals surface area contributed by atoms with Gasteiger partial charge in [-0.3, -0.25) is 25.1 Å². The highest BCUT2D eigenvalue weighted by molar-refractivity contribution is 6.03. The lowest BCUT2D eigenvalue weighted by Gasteiger charge is -2.59. The standard InChI is InChI=1S/C57H77N5O13/c1-4-7-8-9-10-11-12-13-14-17-32-58-55(65)73-46-30-31-51-49(38-46)53-47(21-16-19-35-64)42(20-15-18-34-63)37-48-50(59-72-40-41-22-24-43(25-23-41)61(67)68)39-52(57(75-51,54(48)53)71-36-6-3)60(33-5-2)56(66)74-45-28-26-44(27-29-45)62(69)70/h6,22-31,37-38,42,47,52-54,63-64H,3-5,7-21,32-36,39-40H2,1-2H3,(H,58,65)/t42-,47+,52-,53+,54+,57+/m0/s1. The number of rotatable bonds is 32. The summed E-state index contributed by atoms with van der Waals surface area (Å²) in [7, 11) is 0. The predicted octanol–water partition coefficient (Wildman–Crippen LogP) is 12.3. The molecule has 2 amide bonds. The van der Waals surface area contributed by atoms with Crippen molar-refractivity contribution in [2.24, 2.45) is 22.9 Å². The number of allylic oxidation sites excluding steroid dienone is 1. The number of hydrogen-bond donors (Lipinski definition) is 3. The zero-order chi connectivity index (χ0) is 53.6. The molecule has 18 heteroatoms. The van der Waals surface area contributed by atoms with Gasteiger partial charge in [-0.2, -0.15) is 0 Å². The molecule has 3 aromatic rings. The molecule has 3 aliphatic rings. The van der Waals surface area contributed by atoms with Gasteiger partial charge in [0.05, 0.1) is 28.1 Å². The van der Waals surface area contributed by atoms with Crippen LogP contribution in [-0.2, 0) is 16.2 Å². The maximum atomic E-state index is 14.8. The maximum Gasteiger partial charge on any atom is 0.415 e. The number of carbonyl (C=O) groups excluding carboxylic acids is 2. The number of ether oxygens (including phenoxy) is 4. The molecule has 0 radical (unpaired) electrons. The van der Waals surface area contributed by atoms with Crippen molar-refractivity contribution in [3.8, 4) is 17.2 Å². The van der Waals surface area contributed by atoms with E-state index in [2.05, 4.69) is 24.9 Å². The SMILES string of the molecule is C=CCO[C@@]12Oc3ccc(OC(=O)NCCCCCCCCCCCC)cc3[C@H]3[C@H](CCCCO)[C@@H](CCCCO)C=C(C(=NOCc4ccc([N+](=O)[O-])cc4)C[C@@H]1N(CCC)C(=O)Oc1ccc([N+](=O)[O-])cc1)[C@H]32. The normalized spacial score (nSPS) is 20.9. The minimum Gasteiger partial charge on any atom is -0.459 e. The van der Waals surface area contributed by atoms with E-state index in [1.807, 2.05) is 13.0 Å². The zero-order valence-corrected chi connectivity index (χ0v) is 43.7. The first-order chi connectivity index (χ1) is 36.5. The Hall–Kier alpha value is -6.37. The van der Waals surface area contributed by atoms with Crippen molar-refractivity contribution in [2.75, 3.05) is 32.9 Å². The number of benzene rings is 3. The van der Waals surface area contributed by atoms with E-state index in [-0.39, 0.29) is 68.4 Å². The molecule has 408 valence electrons. The van der Waals surface area contributed by atoms with Gasteiger partial charge in [0.2, 0.25) is 5.79 Å². The molecule has 0 aromatic heterocycles. The third-order valence-electron chi connectivity index (χ3n) is 14.5. The van der Waals surface area contributed by atoms with E-state index in [1.165, 1.54) is 81.3 Å². The molecule has 1 saturated carbocycles.